The minimum Gasteiger partial charge on any atom is -0.454 e. The van der Waals surface area contributed by atoms with E-state index in [2.05, 4.69) is 5.32 Å². The summed E-state index contributed by atoms with van der Waals surface area (Å²) in [5.41, 5.74) is 3.77. The summed E-state index contributed by atoms with van der Waals surface area (Å²) in [6.07, 6.45) is 0. The highest BCUT2D eigenvalue weighted by molar-refractivity contribution is 7.11. The number of aryl methyl sites for hydroxylation is 1. The third-order valence-corrected chi connectivity index (χ3v) is 5.91. The van der Waals surface area contributed by atoms with Crippen molar-refractivity contribution in [1.29, 1.82) is 0 Å². The number of nitrogens with one attached hydrogen (secondary N) is 1. The van der Waals surface area contributed by atoms with E-state index in [0.29, 0.717) is 35.2 Å². The van der Waals surface area contributed by atoms with E-state index in [1.165, 1.54) is 0 Å². The summed E-state index contributed by atoms with van der Waals surface area (Å²) in [6, 6.07) is 13.5. The molecule has 1 aliphatic heterocycles. The quantitative estimate of drug-likeness (QED) is 0.719. The van der Waals surface area contributed by atoms with E-state index in [4.69, 9.17) is 9.47 Å². The van der Waals surface area contributed by atoms with Crippen LogP contribution in [0.15, 0.2) is 47.3 Å². The molecule has 0 unspecified atom stereocenters. The first kappa shape index (κ1) is 18.3. The predicted octanol–water partition coefficient (Wildman–Crippen LogP) is 3.23. The highest BCUT2D eigenvalue weighted by atomic mass is 32.1. The minimum atomic E-state index is -0.249. The molecule has 1 aliphatic rings. The second kappa shape index (κ2) is 7.52. The molecule has 28 heavy (non-hydrogen) atoms. The maximum atomic E-state index is 12.6. The zero-order valence-electron chi connectivity index (χ0n) is 15.7. The molecule has 2 aromatic carbocycles. The van der Waals surface area contributed by atoms with Crippen LogP contribution in [0.2, 0.25) is 0 Å². The first-order valence-corrected chi connectivity index (χ1v) is 9.76. The van der Waals surface area contributed by atoms with Gasteiger partial charge in [0, 0.05) is 12.2 Å². The number of carbonyl (C=O) groups excluding carboxylic acids is 1. The molecule has 0 aliphatic carbocycles. The van der Waals surface area contributed by atoms with Crippen LogP contribution in [0.3, 0.4) is 0 Å². The third kappa shape index (κ3) is 3.53. The average Bonchev–Trinajstić information content (AvgIpc) is 3.27. The molecule has 144 valence electrons. The van der Waals surface area contributed by atoms with E-state index >= 15 is 0 Å². The Hall–Kier alpha value is -3.06. The molecule has 0 atom stereocenters. The van der Waals surface area contributed by atoms with Gasteiger partial charge in [-0.3, -0.25) is 14.2 Å². The normalized spacial score (nSPS) is 12.2. The Morgan fingerprint density at radius 2 is 1.93 bits per heavy atom. The number of carbonyl (C=O) groups is 1. The van der Waals surface area contributed by atoms with Gasteiger partial charge in [-0.25, -0.2) is 0 Å². The van der Waals surface area contributed by atoms with Gasteiger partial charge in [0.05, 0.1) is 6.54 Å². The van der Waals surface area contributed by atoms with Gasteiger partial charge in [0.2, 0.25) is 6.79 Å². The molecule has 0 saturated carbocycles. The molecule has 0 bridgehead atoms. The van der Waals surface area contributed by atoms with Gasteiger partial charge in [-0.05, 0) is 42.7 Å². The van der Waals surface area contributed by atoms with Crippen molar-refractivity contribution in [2.75, 3.05) is 6.79 Å². The highest BCUT2D eigenvalue weighted by Gasteiger charge is 2.19. The van der Waals surface area contributed by atoms with Crippen LogP contribution in [-0.4, -0.2) is 17.3 Å². The molecule has 0 radical (unpaired) electrons. The van der Waals surface area contributed by atoms with Crippen molar-refractivity contribution in [3.05, 3.63) is 79.4 Å². The molecule has 1 aromatic heterocycles. The summed E-state index contributed by atoms with van der Waals surface area (Å²) in [5.74, 6) is 1.13. The van der Waals surface area contributed by atoms with E-state index in [1.807, 2.05) is 56.3 Å². The van der Waals surface area contributed by atoms with Gasteiger partial charge in [0.1, 0.15) is 4.88 Å². The topological polar surface area (TPSA) is 69.6 Å². The van der Waals surface area contributed by atoms with E-state index < -0.39 is 0 Å². The Morgan fingerprint density at radius 3 is 2.75 bits per heavy atom. The van der Waals surface area contributed by atoms with E-state index in [9.17, 15) is 9.59 Å². The molecule has 2 heterocycles. The van der Waals surface area contributed by atoms with Gasteiger partial charge in [-0.15, -0.1) is 0 Å². The summed E-state index contributed by atoms with van der Waals surface area (Å²) >= 11 is 0.980. The molecule has 7 heteroatoms. The summed E-state index contributed by atoms with van der Waals surface area (Å²) in [4.78, 5) is 25.4. The number of amides is 1. The molecule has 6 nitrogen and oxygen atoms in total. The Bertz CT molecular complexity index is 1100. The minimum absolute atomic E-state index is 0.131. The maximum absolute atomic E-state index is 12.6. The number of thiazole rings is 1. The lowest BCUT2D eigenvalue weighted by atomic mass is 10.1. The van der Waals surface area contributed by atoms with Crippen LogP contribution in [0.1, 0.15) is 32.1 Å². The summed E-state index contributed by atoms with van der Waals surface area (Å²) < 4.78 is 12.3. The van der Waals surface area contributed by atoms with E-state index in [0.717, 1.165) is 28.0 Å². The highest BCUT2D eigenvalue weighted by Crippen LogP contribution is 2.32. The van der Waals surface area contributed by atoms with Crippen molar-refractivity contribution in [2.45, 2.75) is 26.9 Å². The zero-order valence-corrected chi connectivity index (χ0v) is 16.5. The summed E-state index contributed by atoms with van der Waals surface area (Å²) in [5, 5.41) is 2.89. The van der Waals surface area contributed by atoms with Crippen LogP contribution in [0.4, 0.5) is 0 Å². The predicted molar refractivity (Wildman–Crippen MR) is 107 cm³/mol. The fourth-order valence-electron chi connectivity index (χ4n) is 3.14. The van der Waals surface area contributed by atoms with Gasteiger partial charge in [-0.1, -0.05) is 41.7 Å². The molecule has 1 N–H and O–H groups in total. The van der Waals surface area contributed by atoms with Crippen molar-refractivity contribution >= 4 is 17.2 Å². The maximum Gasteiger partial charge on any atom is 0.308 e. The number of nitrogens with zero attached hydrogens (tertiary/aromatic N) is 1. The number of fused-ring (bicyclic) bond motifs is 1. The summed E-state index contributed by atoms with van der Waals surface area (Å²) in [6.45, 7) is 4.85. The molecule has 4 rings (SSSR count). The number of hydrogen-bond acceptors (Lipinski definition) is 5. The van der Waals surface area contributed by atoms with Crippen LogP contribution in [0, 0.1) is 13.8 Å². The van der Waals surface area contributed by atoms with Gasteiger partial charge in [-0.2, -0.15) is 0 Å². The average molecular weight is 396 g/mol. The number of benzene rings is 2. The fraction of sp³-hybridized carbons (Fsp3) is 0.238. The Morgan fingerprint density at radius 1 is 1.14 bits per heavy atom. The van der Waals surface area contributed by atoms with Crippen molar-refractivity contribution in [3.8, 4) is 11.5 Å². The number of ether oxygens (including phenoxy) is 2. The third-order valence-electron chi connectivity index (χ3n) is 4.83. The van der Waals surface area contributed by atoms with Crippen LogP contribution in [0.5, 0.6) is 11.5 Å². The van der Waals surface area contributed by atoms with E-state index in [1.54, 1.807) is 4.57 Å². The molecule has 1 amide bonds. The van der Waals surface area contributed by atoms with Gasteiger partial charge >= 0.3 is 4.87 Å². The van der Waals surface area contributed by atoms with Gasteiger partial charge < -0.3 is 14.8 Å². The zero-order chi connectivity index (χ0) is 19.7. The summed E-state index contributed by atoms with van der Waals surface area (Å²) in [7, 11) is 0. The first-order chi connectivity index (χ1) is 13.5. The van der Waals surface area contributed by atoms with Crippen LogP contribution < -0.4 is 19.7 Å². The Labute approximate surface area is 166 Å². The van der Waals surface area contributed by atoms with Crippen LogP contribution >= 0.6 is 11.3 Å². The number of aromatic nitrogens is 1. The first-order valence-electron chi connectivity index (χ1n) is 8.94. The standard InChI is InChI=1S/C21H20N2O4S/c1-13-5-3-4-6-16(13)11-23-14(2)19(28-21(23)25)20(24)22-10-15-7-8-17-18(9-15)27-12-26-17/h3-9H,10-12H2,1-2H3,(H,22,24). The molecule has 0 spiro atoms. The number of rotatable bonds is 5. The second-order valence-electron chi connectivity index (χ2n) is 6.67. The van der Waals surface area contributed by atoms with Gasteiger partial charge in [0.25, 0.3) is 5.91 Å². The van der Waals surface area contributed by atoms with Crippen LogP contribution in [0.25, 0.3) is 0 Å². The fourth-order valence-corrected chi connectivity index (χ4v) is 4.05. The lowest BCUT2D eigenvalue weighted by Crippen LogP contribution is -2.23. The largest absolute Gasteiger partial charge is 0.454 e. The molecular weight excluding hydrogens is 376 g/mol. The molecule has 3 aromatic rings. The molecule has 0 fully saturated rings. The molecule has 0 saturated heterocycles. The van der Waals surface area contributed by atoms with Gasteiger partial charge in [0.15, 0.2) is 11.5 Å². The lowest BCUT2D eigenvalue weighted by molar-refractivity contribution is 0.0953. The Balaban J connectivity index is 1.49. The lowest BCUT2D eigenvalue weighted by Gasteiger charge is -2.09. The SMILES string of the molecule is Cc1ccccc1Cn1c(C)c(C(=O)NCc2ccc3c(c2)OCO3)sc1=O. The van der Waals surface area contributed by atoms with Crippen molar-refractivity contribution in [3.63, 3.8) is 0 Å². The number of hydrogen-bond donors (Lipinski definition) is 1. The smallest absolute Gasteiger partial charge is 0.308 e. The van der Waals surface area contributed by atoms with Crippen molar-refractivity contribution in [2.24, 2.45) is 0 Å². The monoisotopic (exact) mass is 396 g/mol. The van der Waals surface area contributed by atoms with E-state index in [-0.39, 0.29) is 17.6 Å². The van der Waals surface area contributed by atoms with Crippen molar-refractivity contribution < 1.29 is 14.3 Å². The molecular formula is C21H20N2O4S. The Kier molecular flexibility index (Phi) is 4.92. The second-order valence-corrected chi connectivity index (χ2v) is 7.63. The van der Waals surface area contributed by atoms with Crippen molar-refractivity contribution in [1.82, 2.24) is 9.88 Å². The van der Waals surface area contributed by atoms with Crippen LogP contribution in [-0.2, 0) is 13.1 Å².